The van der Waals surface area contributed by atoms with Crippen LogP contribution in [0.2, 0.25) is 0 Å². The number of aromatic nitrogens is 6. The Hall–Kier alpha value is -2.91. The molecular weight excluding hydrogens is 392 g/mol. The second kappa shape index (κ2) is 6.61. The molecule has 0 radical (unpaired) electrons. The molecule has 0 saturated heterocycles. The van der Waals surface area contributed by atoms with E-state index in [1.54, 1.807) is 17.5 Å². The smallest absolute Gasteiger partial charge is 0.231 e. The molecule has 140 valence electrons. The van der Waals surface area contributed by atoms with Crippen LogP contribution in [0.3, 0.4) is 0 Å². The highest BCUT2D eigenvalue weighted by molar-refractivity contribution is 7.99. The van der Waals surface area contributed by atoms with Gasteiger partial charge in [0.25, 0.3) is 0 Å². The summed E-state index contributed by atoms with van der Waals surface area (Å²) < 4.78 is 3.98. The summed E-state index contributed by atoms with van der Waals surface area (Å²) in [6, 6.07) is 9.82. The van der Waals surface area contributed by atoms with E-state index in [1.807, 2.05) is 58.5 Å². The molecule has 0 bridgehead atoms. The molecule has 0 spiro atoms. The molecule has 0 amide bonds. The number of para-hydroxylation sites is 2. The summed E-state index contributed by atoms with van der Waals surface area (Å²) in [5.41, 5.74) is 4.52. The van der Waals surface area contributed by atoms with Gasteiger partial charge in [-0.25, -0.2) is 15.1 Å². The maximum absolute atomic E-state index is 12.9. The molecule has 5 aromatic rings. The molecule has 28 heavy (non-hydrogen) atoms. The van der Waals surface area contributed by atoms with Gasteiger partial charge in [-0.05, 0) is 32.0 Å². The molecule has 4 heterocycles. The van der Waals surface area contributed by atoms with E-state index in [4.69, 9.17) is 0 Å². The standard InChI is InChI=1S/C19H16N6OS2/c1-11-9-13(12(2)24(11)18-20-7-8-27-18)16(26)10-28-19-23-22-17-21-14-5-3-4-6-15(14)25(17)19/h3-9H,10H2,1-2H3,(H,21,22). The molecular formula is C19H16N6OS2. The third-order valence-electron chi connectivity index (χ3n) is 4.68. The van der Waals surface area contributed by atoms with Crippen molar-refractivity contribution < 1.29 is 4.79 Å². The number of nitrogens with zero attached hydrogens (tertiary/aromatic N) is 5. The molecule has 0 aliphatic heterocycles. The molecule has 7 nitrogen and oxygen atoms in total. The van der Waals surface area contributed by atoms with E-state index in [0.717, 1.165) is 38.3 Å². The van der Waals surface area contributed by atoms with Gasteiger partial charge in [0.05, 0.1) is 16.8 Å². The highest BCUT2D eigenvalue weighted by Crippen LogP contribution is 2.26. The van der Waals surface area contributed by atoms with Crippen LogP contribution in [0.5, 0.6) is 0 Å². The number of hydrogen-bond acceptors (Lipinski definition) is 6. The Balaban J connectivity index is 1.43. The number of carbonyl (C=O) groups is 1. The van der Waals surface area contributed by atoms with E-state index in [0.29, 0.717) is 11.5 Å². The second-order valence-electron chi connectivity index (χ2n) is 6.41. The van der Waals surface area contributed by atoms with Crippen molar-refractivity contribution in [3.8, 4) is 5.13 Å². The first-order chi connectivity index (χ1) is 13.6. The Morgan fingerprint density at radius 2 is 2.14 bits per heavy atom. The minimum Gasteiger partial charge on any atom is -0.294 e. The van der Waals surface area contributed by atoms with Crippen molar-refractivity contribution in [2.24, 2.45) is 0 Å². The third kappa shape index (κ3) is 2.66. The lowest BCUT2D eigenvalue weighted by atomic mass is 10.2. The van der Waals surface area contributed by atoms with Crippen molar-refractivity contribution in [3.63, 3.8) is 0 Å². The first-order valence-corrected chi connectivity index (χ1v) is 10.6. The summed E-state index contributed by atoms with van der Waals surface area (Å²) in [6.07, 6.45) is 1.77. The maximum Gasteiger partial charge on any atom is 0.231 e. The Bertz CT molecular complexity index is 1310. The van der Waals surface area contributed by atoms with Crippen molar-refractivity contribution in [1.82, 2.24) is 29.1 Å². The number of aromatic amines is 1. The SMILES string of the molecule is Cc1cc(C(=O)CSc2n[nH]c3nc4ccccc4n23)c(C)n1-c1nccs1. The van der Waals surface area contributed by atoms with Gasteiger partial charge in [0.1, 0.15) is 0 Å². The van der Waals surface area contributed by atoms with Gasteiger partial charge >= 0.3 is 0 Å². The summed E-state index contributed by atoms with van der Waals surface area (Å²) in [5, 5.41) is 10.8. The number of nitrogens with one attached hydrogen (secondary N) is 1. The molecule has 0 unspecified atom stereocenters. The fourth-order valence-corrected chi connectivity index (χ4v) is 5.00. The van der Waals surface area contributed by atoms with E-state index in [1.165, 1.54) is 11.8 Å². The van der Waals surface area contributed by atoms with Gasteiger partial charge < -0.3 is 0 Å². The van der Waals surface area contributed by atoms with Crippen LogP contribution in [0.1, 0.15) is 21.7 Å². The number of hydrogen-bond donors (Lipinski definition) is 1. The Morgan fingerprint density at radius 3 is 2.96 bits per heavy atom. The summed E-state index contributed by atoms with van der Waals surface area (Å²) in [6.45, 7) is 3.95. The Labute approximate surface area is 168 Å². The number of imidazole rings is 1. The number of H-pyrrole nitrogens is 1. The number of Topliss-reactive ketones (excluding diaryl/α,β-unsaturated/α-hetero) is 1. The Kier molecular flexibility index (Phi) is 4.06. The van der Waals surface area contributed by atoms with Gasteiger partial charge in [-0.2, -0.15) is 0 Å². The van der Waals surface area contributed by atoms with Crippen molar-refractivity contribution in [2.45, 2.75) is 19.0 Å². The van der Waals surface area contributed by atoms with E-state index < -0.39 is 0 Å². The molecule has 1 N–H and O–H groups in total. The topological polar surface area (TPSA) is 80.9 Å². The number of carbonyl (C=O) groups excluding carboxylic acids is 1. The molecule has 4 aromatic heterocycles. The highest BCUT2D eigenvalue weighted by Gasteiger charge is 2.19. The van der Waals surface area contributed by atoms with Crippen LogP contribution in [0.25, 0.3) is 21.9 Å². The zero-order chi connectivity index (χ0) is 19.3. The Morgan fingerprint density at radius 1 is 1.29 bits per heavy atom. The summed E-state index contributed by atoms with van der Waals surface area (Å²) in [4.78, 5) is 21.8. The fraction of sp³-hybridized carbons (Fsp3) is 0.158. The van der Waals surface area contributed by atoms with Crippen LogP contribution in [0.15, 0.2) is 47.1 Å². The monoisotopic (exact) mass is 408 g/mol. The molecule has 0 saturated carbocycles. The zero-order valence-corrected chi connectivity index (χ0v) is 16.8. The lowest BCUT2D eigenvalue weighted by Gasteiger charge is -2.05. The molecule has 9 heteroatoms. The molecule has 0 aliphatic carbocycles. The number of thiazole rings is 1. The van der Waals surface area contributed by atoms with E-state index >= 15 is 0 Å². The second-order valence-corrected chi connectivity index (χ2v) is 8.23. The summed E-state index contributed by atoms with van der Waals surface area (Å²) in [7, 11) is 0. The van der Waals surface area contributed by atoms with Gasteiger partial charge in [0.15, 0.2) is 16.1 Å². The van der Waals surface area contributed by atoms with Gasteiger partial charge in [-0.1, -0.05) is 23.9 Å². The number of benzene rings is 1. The minimum absolute atomic E-state index is 0.0708. The van der Waals surface area contributed by atoms with Gasteiger partial charge in [-0.15, -0.1) is 16.4 Å². The number of ketones is 1. The van der Waals surface area contributed by atoms with Gasteiger partial charge in [0.2, 0.25) is 5.78 Å². The third-order valence-corrected chi connectivity index (χ3v) is 6.37. The maximum atomic E-state index is 12.9. The minimum atomic E-state index is 0.0708. The quantitative estimate of drug-likeness (QED) is 0.350. The number of fused-ring (bicyclic) bond motifs is 3. The van der Waals surface area contributed by atoms with Crippen LogP contribution in [0.4, 0.5) is 0 Å². The predicted octanol–water partition coefficient (Wildman–Crippen LogP) is 4.05. The predicted molar refractivity (Wildman–Crippen MR) is 111 cm³/mol. The van der Waals surface area contributed by atoms with Crippen molar-refractivity contribution >= 4 is 45.7 Å². The summed E-state index contributed by atoms with van der Waals surface area (Å²) in [5.74, 6) is 1.05. The van der Waals surface area contributed by atoms with Crippen molar-refractivity contribution in [1.29, 1.82) is 0 Å². The summed E-state index contributed by atoms with van der Waals surface area (Å²) >= 11 is 2.96. The number of thioether (sulfide) groups is 1. The lowest BCUT2D eigenvalue weighted by molar-refractivity contribution is 0.102. The van der Waals surface area contributed by atoms with Gasteiger partial charge in [-0.3, -0.25) is 13.8 Å². The van der Waals surface area contributed by atoms with E-state index in [9.17, 15) is 4.79 Å². The molecule has 0 fully saturated rings. The lowest BCUT2D eigenvalue weighted by Crippen LogP contribution is -2.06. The zero-order valence-electron chi connectivity index (χ0n) is 15.2. The molecule has 0 aliphatic rings. The number of aryl methyl sites for hydroxylation is 1. The van der Waals surface area contributed by atoms with Crippen LogP contribution < -0.4 is 0 Å². The van der Waals surface area contributed by atoms with Crippen molar-refractivity contribution in [2.75, 3.05) is 5.75 Å². The van der Waals surface area contributed by atoms with Crippen LogP contribution >= 0.6 is 23.1 Å². The molecule has 0 atom stereocenters. The normalized spacial score (nSPS) is 11.6. The van der Waals surface area contributed by atoms with Crippen molar-refractivity contribution in [3.05, 3.63) is 58.9 Å². The number of rotatable bonds is 5. The largest absolute Gasteiger partial charge is 0.294 e. The average molecular weight is 409 g/mol. The first-order valence-electron chi connectivity index (χ1n) is 8.70. The highest BCUT2D eigenvalue weighted by atomic mass is 32.2. The van der Waals surface area contributed by atoms with Crippen LogP contribution in [-0.4, -0.2) is 40.7 Å². The van der Waals surface area contributed by atoms with Gasteiger partial charge in [0, 0.05) is 28.5 Å². The van der Waals surface area contributed by atoms with Crippen LogP contribution in [-0.2, 0) is 0 Å². The average Bonchev–Trinajstić information content (AvgIpc) is 3.44. The van der Waals surface area contributed by atoms with E-state index in [2.05, 4.69) is 20.2 Å². The molecule has 1 aromatic carbocycles. The fourth-order valence-electron chi connectivity index (χ4n) is 3.41. The molecule has 5 rings (SSSR count). The van der Waals surface area contributed by atoms with E-state index in [-0.39, 0.29) is 5.78 Å². The first kappa shape index (κ1) is 17.2. The van der Waals surface area contributed by atoms with Crippen LogP contribution in [0, 0.1) is 13.8 Å².